The minimum Gasteiger partial charge on any atom is -0.490 e. The summed E-state index contributed by atoms with van der Waals surface area (Å²) in [4.78, 5) is 41.5. The Morgan fingerprint density at radius 3 is 2.07 bits per heavy atom. The van der Waals surface area contributed by atoms with Gasteiger partial charge in [-0.15, -0.1) is 0 Å². The van der Waals surface area contributed by atoms with E-state index < -0.39 is 17.5 Å². The molecule has 9 heteroatoms. The number of methoxy groups -OCH3 is 2. The highest BCUT2D eigenvalue weighted by Crippen LogP contribution is 2.33. The number of anilines is 1. The van der Waals surface area contributed by atoms with E-state index in [0.29, 0.717) is 23.3 Å². The van der Waals surface area contributed by atoms with E-state index >= 15 is 0 Å². The zero-order chi connectivity index (χ0) is 30.4. The average Bonchev–Trinajstić information content (AvgIpc) is 2.96. The lowest BCUT2D eigenvalue weighted by atomic mass is 9.86. The topological polar surface area (TPSA) is 94.6 Å². The van der Waals surface area contributed by atoms with Crippen LogP contribution in [0, 0.1) is 5.92 Å². The van der Waals surface area contributed by atoms with Crippen LogP contribution in [-0.2, 0) is 14.2 Å². The van der Waals surface area contributed by atoms with Crippen LogP contribution in [0.4, 0.5) is 5.69 Å². The molecule has 2 aromatic carbocycles. The van der Waals surface area contributed by atoms with Gasteiger partial charge in [-0.05, 0) is 88.5 Å². The van der Waals surface area contributed by atoms with Crippen molar-refractivity contribution in [1.82, 2.24) is 4.90 Å². The smallest absolute Gasteiger partial charge is 0.338 e. The standard InChI is InChI=1S/C33H44N2O7/c1-7-34(25-18-27(19-25)41-26-12-13-28(31(37)39-5)29(20-26)32(38)40-6)21-22-14-16-35(17-15-22)24-10-8-23(9-11-24)30(36)42-33(2,3)4/h8-13,20,22,25,27H,7,14-19,21H2,1-6H3. The summed E-state index contributed by atoms with van der Waals surface area (Å²) in [5.74, 6) is -0.310. The van der Waals surface area contributed by atoms with Crippen LogP contribution in [0.2, 0.25) is 0 Å². The summed E-state index contributed by atoms with van der Waals surface area (Å²) in [7, 11) is 2.56. The molecule has 2 aliphatic rings. The highest BCUT2D eigenvalue weighted by atomic mass is 16.6. The maximum absolute atomic E-state index is 12.3. The molecule has 1 aliphatic carbocycles. The van der Waals surface area contributed by atoms with E-state index in [-0.39, 0.29) is 23.2 Å². The van der Waals surface area contributed by atoms with Crippen LogP contribution in [0.3, 0.4) is 0 Å². The molecule has 0 aromatic heterocycles. The van der Waals surface area contributed by atoms with E-state index in [2.05, 4.69) is 16.7 Å². The third-order valence-corrected chi connectivity index (χ3v) is 8.07. The van der Waals surface area contributed by atoms with Crippen LogP contribution in [0.25, 0.3) is 0 Å². The molecule has 0 amide bonds. The minimum atomic E-state index is -0.603. The molecule has 4 rings (SSSR count). The van der Waals surface area contributed by atoms with Gasteiger partial charge in [-0.3, -0.25) is 0 Å². The molecule has 0 N–H and O–H groups in total. The van der Waals surface area contributed by atoms with Gasteiger partial charge in [0.1, 0.15) is 17.5 Å². The molecule has 2 fully saturated rings. The normalized spacial score (nSPS) is 19.2. The van der Waals surface area contributed by atoms with Crippen LogP contribution in [-0.4, -0.2) is 81.0 Å². The fourth-order valence-electron chi connectivity index (χ4n) is 5.68. The van der Waals surface area contributed by atoms with Crippen LogP contribution < -0.4 is 9.64 Å². The SMILES string of the molecule is CCN(CC1CCN(c2ccc(C(=O)OC(C)(C)C)cc2)CC1)C1CC(Oc2ccc(C(=O)OC)c(C(=O)OC)c2)C1. The number of hydrogen-bond acceptors (Lipinski definition) is 9. The molecule has 1 saturated carbocycles. The molecule has 1 saturated heterocycles. The lowest BCUT2D eigenvalue weighted by Crippen LogP contribution is -2.51. The first kappa shape index (κ1) is 31.3. The molecular weight excluding hydrogens is 536 g/mol. The summed E-state index contributed by atoms with van der Waals surface area (Å²) >= 11 is 0. The van der Waals surface area contributed by atoms with Gasteiger partial charge >= 0.3 is 17.9 Å². The van der Waals surface area contributed by atoms with Gasteiger partial charge in [-0.25, -0.2) is 14.4 Å². The molecule has 0 spiro atoms. The second-order valence-corrected chi connectivity index (χ2v) is 12.1. The minimum absolute atomic E-state index is 0.0593. The summed E-state index contributed by atoms with van der Waals surface area (Å²) < 4.78 is 21.3. The van der Waals surface area contributed by atoms with E-state index in [1.165, 1.54) is 14.2 Å². The number of esters is 3. The van der Waals surface area contributed by atoms with Crippen molar-refractivity contribution in [3.63, 3.8) is 0 Å². The number of ether oxygens (including phenoxy) is 4. The predicted octanol–water partition coefficient (Wildman–Crippen LogP) is 5.36. The molecule has 0 bridgehead atoms. The Labute approximate surface area is 249 Å². The first-order chi connectivity index (χ1) is 20.0. The van der Waals surface area contributed by atoms with Gasteiger partial charge in [-0.1, -0.05) is 6.92 Å². The van der Waals surface area contributed by atoms with Crippen LogP contribution in [0.5, 0.6) is 5.75 Å². The number of piperidine rings is 1. The molecule has 228 valence electrons. The quantitative estimate of drug-likeness (QED) is 0.272. The zero-order valence-corrected chi connectivity index (χ0v) is 25.7. The van der Waals surface area contributed by atoms with Crippen LogP contribution in [0.15, 0.2) is 42.5 Å². The van der Waals surface area contributed by atoms with Crippen LogP contribution in [0.1, 0.15) is 84.5 Å². The maximum atomic E-state index is 12.3. The molecule has 42 heavy (non-hydrogen) atoms. The number of carbonyl (C=O) groups is 3. The summed E-state index contributed by atoms with van der Waals surface area (Å²) in [5.41, 5.74) is 1.50. The Morgan fingerprint density at radius 2 is 1.50 bits per heavy atom. The van der Waals surface area contributed by atoms with Crippen molar-refractivity contribution in [2.24, 2.45) is 5.92 Å². The Bertz CT molecular complexity index is 1240. The summed E-state index contributed by atoms with van der Waals surface area (Å²) in [5, 5.41) is 0. The number of nitrogens with zero attached hydrogens (tertiary/aromatic N) is 2. The van der Waals surface area contributed by atoms with E-state index in [9.17, 15) is 14.4 Å². The molecule has 0 atom stereocenters. The van der Waals surface area contributed by atoms with Crippen molar-refractivity contribution in [1.29, 1.82) is 0 Å². The van der Waals surface area contributed by atoms with Crippen molar-refractivity contribution < 1.29 is 33.3 Å². The molecule has 9 nitrogen and oxygen atoms in total. The summed E-state index contributed by atoms with van der Waals surface area (Å²) in [6.07, 6.45) is 4.15. The summed E-state index contributed by atoms with van der Waals surface area (Å²) in [6.45, 7) is 11.9. The van der Waals surface area contributed by atoms with Crippen molar-refractivity contribution in [3.05, 3.63) is 59.2 Å². The lowest BCUT2D eigenvalue weighted by Gasteiger charge is -2.44. The molecule has 1 aliphatic heterocycles. The van der Waals surface area contributed by atoms with E-state index in [0.717, 1.165) is 57.5 Å². The largest absolute Gasteiger partial charge is 0.490 e. The third-order valence-electron chi connectivity index (χ3n) is 8.07. The number of rotatable bonds is 10. The molecule has 1 heterocycles. The predicted molar refractivity (Wildman–Crippen MR) is 160 cm³/mol. The van der Waals surface area contributed by atoms with E-state index in [4.69, 9.17) is 18.9 Å². The van der Waals surface area contributed by atoms with Crippen molar-refractivity contribution in [2.75, 3.05) is 45.3 Å². The average molecular weight is 581 g/mol. The maximum Gasteiger partial charge on any atom is 0.338 e. The van der Waals surface area contributed by atoms with Crippen LogP contribution >= 0.6 is 0 Å². The Kier molecular flexibility index (Phi) is 10.1. The fourth-order valence-corrected chi connectivity index (χ4v) is 5.68. The molecule has 0 unspecified atom stereocenters. The zero-order valence-electron chi connectivity index (χ0n) is 25.7. The van der Waals surface area contributed by atoms with E-state index in [1.807, 2.05) is 45.0 Å². The third kappa shape index (κ3) is 7.82. The lowest BCUT2D eigenvalue weighted by molar-refractivity contribution is 0.00686. The van der Waals surface area contributed by atoms with Gasteiger partial charge in [-0.2, -0.15) is 0 Å². The number of benzene rings is 2. The number of hydrogen-bond donors (Lipinski definition) is 0. The van der Waals surface area contributed by atoms with Crippen molar-refractivity contribution in [3.8, 4) is 5.75 Å². The molecule has 2 aromatic rings. The first-order valence-corrected chi connectivity index (χ1v) is 14.8. The van der Waals surface area contributed by atoms with Gasteiger partial charge in [0.05, 0.1) is 30.9 Å². The summed E-state index contributed by atoms with van der Waals surface area (Å²) in [6, 6.07) is 13.0. The van der Waals surface area contributed by atoms with E-state index in [1.54, 1.807) is 18.2 Å². The van der Waals surface area contributed by atoms with Crippen molar-refractivity contribution in [2.45, 2.75) is 71.1 Å². The van der Waals surface area contributed by atoms with Gasteiger partial charge in [0.15, 0.2) is 0 Å². The highest BCUT2D eigenvalue weighted by molar-refractivity contribution is 6.03. The Hall–Kier alpha value is -3.59. The van der Waals surface area contributed by atoms with Crippen molar-refractivity contribution >= 4 is 23.6 Å². The molecule has 0 radical (unpaired) electrons. The second kappa shape index (κ2) is 13.6. The molecular formula is C33H44N2O7. The second-order valence-electron chi connectivity index (χ2n) is 12.1. The highest BCUT2D eigenvalue weighted by Gasteiger charge is 2.36. The fraction of sp³-hybridized carbons (Fsp3) is 0.545. The number of carbonyl (C=O) groups excluding carboxylic acids is 3. The van der Waals surface area contributed by atoms with Gasteiger partial charge in [0.25, 0.3) is 0 Å². The van der Waals surface area contributed by atoms with Gasteiger partial charge < -0.3 is 28.7 Å². The van der Waals surface area contributed by atoms with Gasteiger partial charge in [0.2, 0.25) is 0 Å². The Balaban J connectivity index is 1.24. The first-order valence-electron chi connectivity index (χ1n) is 14.8. The monoisotopic (exact) mass is 580 g/mol. The van der Waals surface area contributed by atoms with Gasteiger partial charge in [0, 0.05) is 44.2 Å². The Morgan fingerprint density at radius 1 is 0.881 bits per heavy atom.